The van der Waals surface area contributed by atoms with E-state index in [9.17, 15) is 39.2 Å². The molecule has 0 saturated heterocycles. The summed E-state index contributed by atoms with van der Waals surface area (Å²) >= 11 is 0. The van der Waals surface area contributed by atoms with Crippen LogP contribution < -0.4 is 11.1 Å². The number of fused-ring (bicyclic) bond motifs is 3. The minimum Gasteiger partial charge on any atom is -0.510 e. The first-order valence-electron chi connectivity index (χ1n) is 9.77. The molecule has 4 rings (SSSR count). The number of carbonyl (C=O) groups excluding carboxylic acids is 3. The third kappa shape index (κ3) is 2.64. The van der Waals surface area contributed by atoms with Gasteiger partial charge in [0, 0.05) is 17.1 Å². The van der Waals surface area contributed by atoms with Crippen molar-refractivity contribution in [2.24, 2.45) is 17.6 Å². The van der Waals surface area contributed by atoms with E-state index < -0.39 is 69.6 Å². The molecule has 0 saturated carbocycles. The minimum atomic E-state index is -2.70. The van der Waals surface area contributed by atoms with E-state index in [-0.39, 0.29) is 36.1 Å². The number of Topliss-reactive ketones (excluding diaryl/α,β-unsaturated/α-hetero) is 2. The molecule has 0 spiro atoms. The van der Waals surface area contributed by atoms with Crippen LogP contribution in [0.1, 0.15) is 29.3 Å². The van der Waals surface area contributed by atoms with E-state index in [2.05, 4.69) is 5.32 Å². The number of rotatable bonds is 3. The van der Waals surface area contributed by atoms with Crippen molar-refractivity contribution in [3.63, 3.8) is 0 Å². The number of allylic oxidation sites excluding steroid dienone is 1. The number of hydrogen-bond acceptors (Lipinski definition) is 8. The van der Waals surface area contributed by atoms with Crippen molar-refractivity contribution in [1.82, 2.24) is 5.32 Å². The number of aliphatic hydroxyl groups is 3. The Balaban J connectivity index is 1.96. The van der Waals surface area contributed by atoms with Crippen LogP contribution in [0.3, 0.4) is 0 Å². The average Bonchev–Trinajstić information content (AvgIpc) is 2.70. The van der Waals surface area contributed by atoms with Crippen LogP contribution in [-0.4, -0.2) is 56.1 Å². The molecule has 1 aromatic rings. The minimum absolute atomic E-state index is 0.0308. The normalized spacial score (nSPS) is 30.1. The van der Waals surface area contributed by atoms with Gasteiger partial charge in [0.15, 0.2) is 11.4 Å². The number of aliphatic hydroxyl groups excluding tert-OH is 2. The van der Waals surface area contributed by atoms with Crippen molar-refractivity contribution in [2.45, 2.75) is 31.4 Å². The molecule has 0 bridgehead atoms. The van der Waals surface area contributed by atoms with Crippen LogP contribution in [0.4, 0.5) is 4.39 Å². The summed E-state index contributed by atoms with van der Waals surface area (Å²) < 4.78 is 14.4. The highest BCUT2D eigenvalue weighted by Crippen LogP contribution is 2.51. The lowest BCUT2D eigenvalue weighted by atomic mass is 9.59. The molecule has 1 aromatic carbocycles. The lowest BCUT2D eigenvalue weighted by molar-refractivity contribution is -0.146. The highest BCUT2D eigenvalue weighted by atomic mass is 19.1. The first-order valence-corrected chi connectivity index (χ1v) is 9.77. The number of nitrogens with one attached hydrogen (secondary N) is 1. The predicted molar refractivity (Wildman–Crippen MR) is 104 cm³/mol. The van der Waals surface area contributed by atoms with Gasteiger partial charge in [-0.2, -0.15) is 0 Å². The Morgan fingerprint density at radius 1 is 1.29 bits per heavy atom. The lowest BCUT2D eigenvalue weighted by Gasteiger charge is -2.48. The Morgan fingerprint density at radius 3 is 2.58 bits per heavy atom. The molecule has 1 amide bonds. The zero-order chi connectivity index (χ0) is 22.8. The average molecular weight is 432 g/mol. The Labute approximate surface area is 175 Å². The summed E-state index contributed by atoms with van der Waals surface area (Å²) in [6.07, 6.45) is -0.164. The molecule has 10 heteroatoms. The Hall–Kier alpha value is -3.24. The maximum atomic E-state index is 14.4. The van der Waals surface area contributed by atoms with Gasteiger partial charge in [-0.25, -0.2) is 4.39 Å². The molecular weight excluding hydrogens is 411 g/mol. The molecule has 0 aliphatic heterocycles. The molecule has 0 unspecified atom stereocenters. The van der Waals surface area contributed by atoms with Crippen LogP contribution in [0.2, 0.25) is 0 Å². The van der Waals surface area contributed by atoms with Crippen molar-refractivity contribution >= 4 is 17.5 Å². The molecule has 3 aliphatic carbocycles. The number of benzene rings is 1. The largest absolute Gasteiger partial charge is 0.510 e. The van der Waals surface area contributed by atoms with Gasteiger partial charge in [0.05, 0.1) is 11.6 Å². The van der Waals surface area contributed by atoms with Gasteiger partial charge in [0.25, 0.3) is 5.91 Å². The monoisotopic (exact) mass is 432 g/mol. The Morgan fingerprint density at radius 2 is 1.97 bits per heavy atom. The molecule has 4 atom stereocenters. The SMILES string of the molecule is CCN[C@@H]1C(O)=C(C(N)=O)C(=O)[C@@]2(O)C(O)=C3C(=O)c4c(O)ccc(F)c4C[C@H]3C[C@@H]12. The number of halogens is 1. The molecule has 0 heterocycles. The second kappa shape index (κ2) is 6.89. The molecule has 7 N–H and O–H groups in total. The van der Waals surface area contributed by atoms with Gasteiger partial charge in [-0.15, -0.1) is 0 Å². The number of hydrogen-bond donors (Lipinski definition) is 6. The summed E-state index contributed by atoms with van der Waals surface area (Å²) in [7, 11) is 0. The first kappa shape index (κ1) is 21.0. The quantitative estimate of drug-likeness (QED) is 0.371. The van der Waals surface area contributed by atoms with Crippen LogP contribution in [0.25, 0.3) is 0 Å². The number of nitrogens with two attached hydrogens (primary N) is 1. The molecule has 3 aliphatic rings. The standard InChI is InChI=1S/C21H21FN2O7/c1-2-24-15-9-6-7-5-8-10(22)3-4-11(25)13(8)16(26)12(7)18(28)21(9,31)19(29)14(17(15)27)20(23)30/h3-4,7,9,15,24-25,27-28,31H,2,5-6H2,1H3,(H2,23,30)/t7-,9-,15-,21-/m0/s1. The molecular formula is C21H21FN2O7. The maximum Gasteiger partial charge on any atom is 0.255 e. The Bertz CT molecular complexity index is 1110. The van der Waals surface area contributed by atoms with E-state index in [1.165, 1.54) is 0 Å². The van der Waals surface area contributed by atoms with Gasteiger partial charge in [-0.05, 0) is 37.4 Å². The zero-order valence-electron chi connectivity index (χ0n) is 16.5. The highest BCUT2D eigenvalue weighted by molar-refractivity contribution is 6.24. The Kier molecular flexibility index (Phi) is 4.67. The van der Waals surface area contributed by atoms with Crippen molar-refractivity contribution in [2.75, 3.05) is 6.54 Å². The maximum absolute atomic E-state index is 14.4. The third-order valence-corrected chi connectivity index (χ3v) is 6.45. The van der Waals surface area contributed by atoms with E-state index in [1.807, 2.05) is 0 Å². The van der Waals surface area contributed by atoms with Crippen molar-refractivity contribution in [3.05, 3.63) is 51.7 Å². The second-order valence-electron chi connectivity index (χ2n) is 8.01. The van der Waals surface area contributed by atoms with E-state index in [1.54, 1.807) is 6.92 Å². The first-order chi connectivity index (χ1) is 14.5. The van der Waals surface area contributed by atoms with Crippen LogP contribution in [0, 0.1) is 17.7 Å². The fraction of sp³-hybridized carbons (Fsp3) is 0.381. The number of amides is 1. The summed E-state index contributed by atoms with van der Waals surface area (Å²) in [5.74, 6) is -8.32. The number of ketones is 2. The van der Waals surface area contributed by atoms with Gasteiger partial charge in [-0.3, -0.25) is 14.4 Å². The highest BCUT2D eigenvalue weighted by Gasteiger charge is 2.62. The zero-order valence-corrected chi connectivity index (χ0v) is 16.5. The second-order valence-corrected chi connectivity index (χ2v) is 8.01. The summed E-state index contributed by atoms with van der Waals surface area (Å²) in [5.41, 5.74) is 0.954. The fourth-order valence-electron chi connectivity index (χ4n) is 5.09. The van der Waals surface area contributed by atoms with Gasteiger partial charge >= 0.3 is 0 Å². The van der Waals surface area contributed by atoms with Gasteiger partial charge in [0.1, 0.15) is 28.7 Å². The van der Waals surface area contributed by atoms with Crippen LogP contribution in [-0.2, 0) is 16.0 Å². The fourth-order valence-corrected chi connectivity index (χ4v) is 5.09. The van der Waals surface area contributed by atoms with Crippen molar-refractivity contribution in [1.29, 1.82) is 0 Å². The van der Waals surface area contributed by atoms with E-state index in [4.69, 9.17) is 5.73 Å². The van der Waals surface area contributed by atoms with E-state index >= 15 is 0 Å². The summed E-state index contributed by atoms with van der Waals surface area (Å²) in [6.45, 7) is 1.96. The number of likely N-dealkylation sites (N-methyl/N-ethyl adjacent to an activating group) is 1. The third-order valence-electron chi connectivity index (χ3n) is 6.45. The summed E-state index contributed by atoms with van der Waals surface area (Å²) in [5, 5.41) is 45.9. The molecule has 164 valence electrons. The topological polar surface area (TPSA) is 170 Å². The lowest BCUT2D eigenvalue weighted by Crippen LogP contribution is -2.64. The summed E-state index contributed by atoms with van der Waals surface area (Å²) in [6, 6.07) is 0.905. The van der Waals surface area contributed by atoms with Gasteiger partial charge in [-0.1, -0.05) is 6.92 Å². The van der Waals surface area contributed by atoms with Crippen LogP contribution >= 0.6 is 0 Å². The molecule has 9 nitrogen and oxygen atoms in total. The summed E-state index contributed by atoms with van der Waals surface area (Å²) in [4.78, 5) is 38.0. The van der Waals surface area contributed by atoms with E-state index in [0.717, 1.165) is 12.1 Å². The molecule has 0 fully saturated rings. The van der Waals surface area contributed by atoms with Gasteiger partial charge < -0.3 is 31.5 Å². The molecule has 31 heavy (non-hydrogen) atoms. The van der Waals surface area contributed by atoms with Crippen LogP contribution in [0.15, 0.2) is 34.8 Å². The molecule has 0 aromatic heterocycles. The smallest absolute Gasteiger partial charge is 0.255 e. The number of primary amides is 1. The number of phenols is 1. The number of carbonyl (C=O) groups is 3. The van der Waals surface area contributed by atoms with Crippen molar-refractivity contribution < 1.29 is 39.2 Å². The molecule has 0 radical (unpaired) electrons. The van der Waals surface area contributed by atoms with Crippen molar-refractivity contribution in [3.8, 4) is 5.75 Å². The predicted octanol–water partition coefficient (Wildman–Crippen LogP) is 0.308. The van der Waals surface area contributed by atoms with E-state index in [0.29, 0.717) is 0 Å². The number of aromatic hydroxyl groups is 1. The van der Waals surface area contributed by atoms with Gasteiger partial charge in [0.2, 0.25) is 5.78 Å². The van der Waals surface area contributed by atoms with Crippen LogP contribution in [0.5, 0.6) is 5.75 Å². The number of phenolic OH excluding ortho intramolecular Hbond substituents is 1.